The molecule has 2 aromatic rings. The number of phenolic OH excluding ortho intramolecular Hbond substituents is 1. The minimum Gasteiger partial charge on any atom is -0.508 e. The highest BCUT2D eigenvalue weighted by Crippen LogP contribution is 2.35. The van der Waals surface area contributed by atoms with Crippen LogP contribution in [0.25, 0.3) is 0 Å². The third kappa shape index (κ3) is 5.57. The molecule has 31 heavy (non-hydrogen) atoms. The molecule has 0 spiro atoms. The summed E-state index contributed by atoms with van der Waals surface area (Å²) in [6, 6.07) is 14.4. The highest BCUT2D eigenvalue weighted by Gasteiger charge is 2.49. The van der Waals surface area contributed by atoms with Gasteiger partial charge in [-0.25, -0.2) is 0 Å². The molecule has 0 amide bonds. The van der Waals surface area contributed by atoms with E-state index in [1.54, 1.807) is 24.3 Å². The largest absolute Gasteiger partial charge is 0.508 e. The zero-order valence-electron chi connectivity index (χ0n) is 18.3. The Morgan fingerprint density at radius 3 is 2.06 bits per heavy atom. The van der Waals surface area contributed by atoms with E-state index in [9.17, 15) is 5.11 Å². The van der Waals surface area contributed by atoms with E-state index in [4.69, 9.17) is 23.7 Å². The highest BCUT2D eigenvalue weighted by molar-refractivity contribution is 5.45. The Morgan fingerprint density at radius 1 is 0.871 bits per heavy atom. The van der Waals surface area contributed by atoms with Gasteiger partial charge in [0.05, 0.1) is 6.61 Å². The monoisotopic (exact) mass is 424 g/mol. The first-order valence-corrected chi connectivity index (χ1v) is 10.4. The minimum absolute atomic E-state index is 0.206. The lowest BCUT2D eigenvalue weighted by Crippen LogP contribution is -2.40. The first-order valence-electron chi connectivity index (χ1n) is 10.4. The van der Waals surface area contributed by atoms with Crippen molar-refractivity contribution in [1.82, 2.24) is 0 Å². The van der Waals surface area contributed by atoms with E-state index in [-0.39, 0.29) is 24.1 Å². The molecule has 0 aromatic heterocycles. The molecule has 6 nitrogen and oxygen atoms in total. The van der Waals surface area contributed by atoms with E-state index in [2.05, 4.69) is 11.8 Å². The highest BCUT2D eigenvalue weighted by atomic mass is 16.8. The van der Waals surface area contributed by atoms with Crippen LogP contribution in [0.3, 0.4) is 0 Å². The fraction of sp³-hybridized carbons (Fsp3) is 0.440. The van der Waals surface area contributed by atoms with Crippen LogP contribution in [0.1, 0.15) is 38.8 Å². The molecular weight excluding hydrogens is 396 g/mol. The van der Waals surface area contributed by atoms with Gasteiger partial charge in [-0.15, -0.1) is 0 Å². The van der Waals surface area contributed by atoms with Crippen LogP contribution in [-0.4, -0.2) is 48.2 Å². The molecule has 0 unspecified atom stereocenters. The summed E-state index contributed by atoms with van der Waals surface area (Å²) in [4.78, 5) is 0. The van der Waals surface area contributed by atoms with Gasteiger partial charge in [-0.1, -0.05) is 11.8 Å². The Hall–Kier alpha value is -2.56. The van der Waals surface area contributed by atoms with Crippen LogP contribution in [0.5, 0.6) is 11.5 Å². The standard InChI is InChI=1S/C25H28O6/c1-24(2)28-16-22(29-24)23-21(30-25(3,4)31-23)15-27-20-13-9-18(10-14-20)6-5-17-7-11-19(26)12-8-17/h7-14,21-23,26H,15-16H2,1-4H3/t21-,22-,23+/m1/s1. The second kappa shape index (κ2) is 8.52. The number of hydrogen-bond acceptors (Lipinski definition) is 6. The quantitative estimate of drug-likeness (QED) is 0.753. The second-order valence-corrected chi connectivity index (χ2v) is 8.64. The van der Waals surface area contributed by atoms with Gasteiger partial charge in [-0.05, 0) is 76.2 Å². The average Bonchev–Trinajstić information content (AvgIpc) is 3.24. The van der Waals surface area contributed by atoms with Crippen LogP contribution in [0.2, 0.25) is 0 Å². The van der Waals surface area contributed by atoms with E-state index in [0.29, 0.717) is 13.2 Å². The van der Waals surface area contributed by atoms with Crippen molar-refractivity contribution >= 4 is 0 Å². The Labute approximate surface area is 183 Å². The van der Waals surface area contributed by atoms with Gasteiger partial charge in [-0.3, -0.25) is 0 Å². The normalized spacial score (nSPS) is 26.3. The number of benzene rings is 2. The molecule has 0 radical (unpaired) electrons. The lowest BCUT2D eigenvalue weighted by Gasteiger charge is -2.23. The Balaban J connectivity index is 1.36. The fourth-order valence-electron chi connectivity index (χ4n) is 3.69. The molecule has 1 N–H and O–H groups in total. The van der Waals surface area contributed by atoms with Gasteiger partial charge in [0.25, 0.3) is 0 Å². The van der Waals surface area contributed by atoms with Crippen molar-refractivity contribution < 1.29 is 28.8 Å². The summed E-state index contributed by atoms with van der Waals surface area (Å²) in [5, 5.41) is 9.34. The van der Waals surface area contributed by atoms with Gasteiger partial charge < -0.3 is 28.8 Å². The summed E-state index contributed by atoms with van der Waals surface area (Å²) in [5.41, 5.74) is 1.71. The summed E-state index contributed by atoms with van der Waals surface area (Å²) >= 11 is 0. The van der Waals surface area contributed by atoms with E-state index >= 15 is 0 Å². The lowest BCUT2D eigenvalue weighted by molar-refractivity contribution is -0.174. The molecule has 2 fully saturated rings. The van der Waals surface area contributed by atoms with Gasteiger partial charge in [0.15, 0.2) is 11.6 Å². The SMILES string of the molecule is CC1(C)OC[C@H]([C@H]2OC(C)(C)O[C@@H]2COc2ccc(C#Cc3ccc(O)cc3)cc2)O1. The third-order valence-corrected chi connectivity index (χ3v) is 5.11. The van der Waals surface area contributed by atoms with Crippen LogP contribution < -0.4 is 4.74 Å². The number of rotatable bonds is 4. The van der Waals surface area contributed by atoms with Gasteiger partial charge in [0.2, 0.25) is 0 Å². The van der Waals surface area contributed by atoms with Gasteiger partial charge in [-0.2, -0.15) is 0 Å². The number of phenols is 1. The van der Waals surface area contributed by atoms with E-state index in [1.165, 1.54) is 0 Å². The van der Waals surface area contributed by atoms with Crippen LogP contribution in [0.15, 0.2) is 48.5 Å². The summed E-state index contributed by atoms with van der Waals surface area (Å²) in [5.74, 6) is 5.80. The van der Waals surface area contributed by atoms with Crippen molar-refractivity contribution in [1.29, 1.82) is 0 Å². The molecule has 4 rings (SSSR count). The smallest absolute Gasteiger partial charge is 0.164 e. The zero-order valence-corrected chi connectivity index (χ0v) is 18.3. The summed E-state index contributed by atoms with van der Waals surface area (Å²) in [7, 11) is 0. The topological polar surface area (TPSA) is 66.4 Å². The van der Waals surface area contributed by atoms with Crippen molar-refractivity contribution in [2.75, 3.05) is 13.2 Å². The average molecular weight is 424 g/mol. The van der Waals surface area contributed by atoms with Crippen molar-refractivity contribution in [3.63, 3.8) is 0 Å². The lowest BCUT2D eigenvalue weighted by atomic mass is 10.1. The molecule has 6 heteroatoms. The Kier molecular flexibility index (Phi) is 5.96. The zero-order chi connectivity index (χ0) is 22.1. The minimum atomic E-state index is -0.706. The van der Waals surface area contributed by atoms with Crippen LogP contribution in [-0.2, 0) is 18.9 Å². The van der Waals surface area contributed by atoms with E-state index in [1.807, 2.05) is 52.0 Å². The predicted octanol–water partition coefficient (Wildman–Crippen LogP) is 3.84. The first-order chi connectivity index (χ1) is 14.7. The Morgan fingerprint density at radius 2 is 1.48 bits per heavy atom. The number of aromatic hydroxyl groups is 1. The molecule has 0 aliphatic carbocycles. The molecule has 2 heterocycles. The molecular formula is C25H28O6. The molecule has 3 atom stereocenters. The maximum absolute atomic E-state index is 9.34. The van der Waals surface area contributed by atoms with Crippen molar-refractivity contribution in [3.05, 3.63) is 59.7 Å². The van der Waals surface area contributed by atoms with Crippen molar-refractivity contribution in [2.45, 2.75) is 57.6 Å². The maximum atomic E-state index is 9.34. The van der Waals surface area contributed by atoms with Crippen molar-refractivity contribution in [3.8, 4) is 23.3 Å². The van der Waals surface area contributed by atoms with Crippen LogP contribution in [0, 0.1) is 11.8 Å². The molecule has 2 aliphatic heterocycles. The third-order valence-electron chi connectivity index (χ3n) is 5.11. The molecule has 2 aromatic carbocycles. The van der Waals surface area contributed by atoms with Gasteiger partial charge in [0.1, 0.15) is 36.4 Å². The Bertz CT molecular complexity index is 952. The van der Waals surface area contributed by atoms with Crippen LogP contribution >= 0.6 is 0 Å². The van der Waals surface area contributed by atoms with Crippen molar-refractivity contribution in [2.24, 2.45) is 0 Å². The first kappa shape index (κ1) is 21.7. The maximum Gasteiger partial charge on any atom is 0.164 e. The van der Waals surface area contributed by atoms with E-state index < -0.39 is 11.6 Å². The molecule has 164 valence electrons. The predicted molar refractivity (Wildman–Crippen MR) is 115 cm³/mol. The molecule has 0 bridgehead atoms. The summed E-state index contributed by atoms with van der Waals surface area (Å²) in [6.07, 6.45) is -0.749. The second-order valence-electron chi connectivity index (χ2n) is 8.64. The number of hydrogen-bond donors (Lipinski definition) is 1. The molecule has 2 saturated heterocycles. The van der Waals surface area contributed by atoms with Crippen LogP contribution in [0.4, 0.5) is 0 Å². The summed E-state index contributed by atoms with van der Waals surface area (Å²) in [6.45, 7) is 8.37. The fourth-order valence-corrected chi connectivity index (χ4v) is 3.69. The number of ether oxygens (including phenoxy) is 5. The molecule has 2 aliphatic rings. The van der Waals surface area contributed by atoms with Gasteiger partial charge >= 0.3 is 0 Å². The van der Waals surface area contributed by atoms with Gasteiger partial charge in [0, 0.05) is 11.1 Å². The summed E-state index contributed by atoms with van der Waals surface area (Å²) < 4.78 is 29.8. The molecule has 0 saturated carbocycles. The van der Waals surface area contributed by atoms with E-state index in [0.717, 1.165) is 16.9 Å².